The molecule has 2 aliphatic rings. The molecule has 0 atom stereocenters. The summed E-state index contributed by atoms with van der Waals surface area (Å²) in [6.07, 6.45) is 3.80. The zero-order valence-electron chi connectivity index (χ0n) is 22.4. The number of hydrogen-bond donors (Lipinski definition) is 1. The highest BCUT2D eigenvalue weighted by atomic mass is 19.1. The summed E-state index contributed by atoms with van der Waals surface area (Å²) in [6.45, 7) is 3.61. The fourth-order valence-electron chi connectivity index (χ4n) is 5.17. The van der Waals surface area contributed by atoms with Gasteiger partial charge in [0.25, 0.3) is 5.91 Å². The minimum absolute atomic E-state index is 0.128. The van der Waals surface area contributed by atoms with E-state index >= 15 is 0 Å². The number of nitrogens with zero attached hydrogens (tertiary/aromatic N) is 2. The van der Waals surface area contributed by atoms with E-state index in [4.69, 9.17) is 4.74 Å². The van der Waals surface area contributed by atoms with Gasteiger partial charge < -0.3 is 15.0 Å². The lowest BCUT2D eigenvalue weighted by Crippen LogP contribution is -2.47. The third kappa shape index (κ3) is 7.24. The molecule has 1 heterocycles. The lowest BCUT2D eigenvalue weighted by Gasteiger charge is -2.39. The highest BCUT2D eigenvalue weighted by Gasteiger charge is 2.37. The molecule has 7 heteroatoms. The lowest BCUT2D eigenvalue weighted by atomic mass is 10.0. The quantitative estimate of drug-likeness (QED) is 0.394. The summed E-state index contributed by atoms with van der Waals surface area (Å²) in [5, 5.41) is 2.96. The van der Waals surface area contributed by atoms with Gasteiger partial charge in [0, 0.05) is 50.2 Å². The Morgan fingerprint density at radius 2 is 1.49 bits per heavy atom. The minimum Gasteiger partial charge on any atom is -0.497 e. The smallest absolute Gasteiger partial charge is 0.251 e. The number of nitrogens with one attached hydrogen (secondary N) is 1. The first-order valence-electron chi connectivity index (χ1n) is 13.8. The molecule has 204 valence electrons. The van der Waals surface area contributed by atoms with Crippen molar-refractivity contribution in [1.29, 1.82) is 0 Å². The van der Waals surface area contributed by atoms with Crippen LogP contribution < -0.4 is 10.1 Å². The summed E-state index contributed by atoms with van der Waals surface area (Å²) < 4.78 is 18.4. The number of carbonyl (C=O) groups is 2. The Labute approximate surface area is 229 Å². The first-order chi connectivity index (χ1) is 19.0. The fourth-order valence-corrected chi connectivity index (χ4v) is 5.17. The van der Waals surface area contributed by atoms with Crippen molar-refractivity contribution < 1.29 is 18.7 Å². The van der Waals surface area contributed by atoms with E-state index in [1.54, 1.807) is 7.11 Å². The standard InChI is InChI=1S/C32H36FN3O3/c1-39-30-14-6-23(7-15-30)20-34-31(37)26-8-2-25(3-9-26)22-36(32(38)27-10-11-27)29-16-18-35(19-17-29)21-24-4-12-28(33)13-5-24/h2-9,12-15,27,29H,10-11,16-22H2,1H3,(H,34,37). The van der Waals surface area contributed by atoms with Gasteiger partial charge >= 0.3 is 0 Å². The van der Waals surface area contributed by atoms with Crippen LogP contribution in [0.4, 0.5) is 4.39 Å². The van der Waals surface area contributed by atoms with Crippen LogP contribution in [-0.2, 0) is 24.4 Å². The molecule has 0 spiro atoms. The molecule has 0 unspecified atom stereocenters. The fraction of sp³-hybridized carbons (Fsp3) is 0.375. The van der Waals surface area contributed by atoms with E-state index in [1.165, 1.54) is 12.1 Å². The molecule has 2 fully saturated rings. The van der Waals surface area contributed by atoms with E-state index in [0.717, 1.165) is 67.8 Å². The number of halogens is 1. The van der Waals surface area contributed by atoms with Gasteiger partial charge in [0.2, 0.25) is 5.91 Å². The third-order valence-corrected chi connectivity index (χ3v) is 7.71. The van der Waals surface area contributed by atoms with Crippen molar-refractivity contribution in [2.45, 2.75) is 51.4 Å². The van der Waals surface area contributed by atoms with Gasteiger partial charge in [0.15, 0.2) is 0 Å². The third-order valence-electron chi connectivity index (χ3n) is 7.71. The van der Waals surface area contributed by atoms with Crippen molar-refractivity contribution in [3.63, 3.8) is 0 Å². The molecule has 0 radical (unpaired) electrons. The van der Waals surface area contributed by atoms with Crippen molar-refractivity contribution in [1.82, 2.24) is 15.1 Å². The Balaban J connectivity index is 1.16. The van der Waals surface area contributed by atoms with Crippen LogP contribution in [-0.4, -0.2) is 47.9 Å². The van der Waals surface area contributed by atoms with Crippen molar-refractivity contribution in [3.05, 3.63) is 101 Å². The molecule has 3 aromatic carbocycles. The van der Waals surface area contributed by atoms with Crippen molar-refractivity contribution >= 4 is 11.8 Å². The van der Waals surface area contributed by atoms with Gasteiger partial charge in [-0.1, -0.05) is 36.4 Å². The van der Waals surface area contributed by atoms with Crippen molar-refractivity contribution in [2.24, 2.45) is 5.92 Å². The van der Waals surface area contributed by atoms with E-state index in [-0.39, 0.29) is 29.6 Å². The molecule has 0 aromatic heterocycles. The van der Waals surface area contributed by atoms with E-state index in [2.05, 4.69) is 15.1 Å². The maximum Gasteiger partial charge on any atom is 0.251 e. The zero-order chi connectivity index (χ0) is 27.2. The van der Waals surface area contributed by atoms with Crippen LogP contribution in [0, 0.1) is 11.7 Å². The maximum absolute atomic E-state index is 13.3. The number of piperidine rings is 1. The van der Waals surface area contributed by atoms with Crippen molar-refractivity contribution in [2.75, 3.05) is 20.2 Å². The molecule has 3 aromatic rings. The largest absolute Gasteiger partial charge is 0.497 e. The van der Waals surface area contributed by atoms with Crippen LogP contribution in [0.3, 0.4) is 0 Å². The van der Waals surface area contributed by atoms with Gasteiger partial charge in [-0.15, -0.1) is 0 Å². The monoisotopic (exact) mass is 529 g/mol. The van der Waals surface area contributed by atoms with E-state index in [9.17, 15) is 14.0 Å². The molecule has 39 heavy (non-hydrogen) atoms. The Kier molecular flexibility index (Phi) is 8.57. The Morgan fingerprint density at radius 3 is 2.10 bits per heavy atom. The predicted molar refractivity (Wildman–Crippen MR) is 149 cm³/mol. The highest BCUT2D eigenvalue weighted by Crippen LogP contribution is 2.34. The molecule has 1 aliphatic heterocycles. The van der Waals surface area contributed by atoms with E-state index in [1.807, 2.05) is 60.7 Å². The second-order valence-electron chi connectivity index (χ2n) is 10.6. The minimum atomic E-state index is -0.214. The molecule has 0 bridgehead atoms. The number of benzene rings is 3. The number of amides is 2. The lowest BCUT2D eigenvalue weighted by molar-refractivity contribution is -0.136. The summed E-state index contributed by atoms with van der Waals surface area (Å²) in [7, 11) is 1.63. The molecule has 1 aliphatic carbocycles. The second-order valence-corrected chi connectivity index (χ2v) is 10.6. The molecular weight excluding hydrogens is 493 g/mol. The molecule has 6 nitrogen and oxygen atoms in total. The number of rotatable bonds is 10. The van der Waals surface area contributed by atoms with Crippen LogP contribution in [0.15, 0.2) is 72.8 Å². The van der Waals surface area contributed by atoms with Gasteiger partial charge in [-0.2, -0.15) is 0 Å². The number of carbonyl (C=O) groups excluding carboxylic acids is 2. The van der Waals surface area contributed by atoms with E-state index in [0.29, 0.717) is 18.7 Å². The Bertz CT molecular complexity index is 1250. The summed E-state index contributed by atoms with van der Waals surface area (Å²) in [6, 6.07) is 22.1. The molecule has 1 N–H and O–H groups in total. The van der Waals surface area contributed by atoms with Crippen LogP contribution in [0.2, 0.25) is 0 Å². The highest BCUT2D eigenvalue weighted by molar-refractivity contribution is 5.94. The molecule has 1 saturated heterocycles. The van der Waals surface area contributed by atoms with Gasteiger partial charge in [0.1, 0.15) is 11.6 Å². The summed E-state index contributed by atoms with van der Waals surface area (Å²) in [5.41, 5.74) is 3.73. The number of hydrogen-bond acceptors (Lipinski definition) is 4. The first-order valence-corrected chi connectivity index (χ1v) is 13.8. The summed E-state index contributed by atoms with van der Waals surface area (Å²) in [5.74, 6) is 0.856. The maximum atomic E-state index is 13.3. The van der Waals surface area contributed by atoms with Crippen LogP contribution in [0.1, 0.15) is 52.7 Å². The predicted octanol–water partition coefficient (Wildman–Crippen LogP) is 5.17. The molecule has 1 saturated carbocycles. The Morgan fingerprint density at radius 1 is 0.872 bits per heavy atom. The number of ether oxygens (including phenoxy) is 1. The molecular formula is C32H36FN3O3. The van der Waals surface area contributed by atoms with E-state index < -0.39 is 0 Å². The number of methoxy groups -OCH3 is 1. The summed E-state index contributed by atoms with van der Waals surface area (Å²) >= 11 is 0. The molecule has 5 rings (SSSR count). The topological polar surface area (TPSA) is 61.9 Å². The summed E-state index contributed by atoms with van der Waals surface area (Å²) in [4.78, 5) is 30.4. The van der Waals surface area contributed by atoms with Gasteiger partial charge in [0.05, 0.1) is 7.11 Å². The Hall–Kier alpha value is -3.71. The van der Waals surface area contributed by atoms with Crippen molar-refractivity contribution in [3.8, 4) is 5.75 Å². The van der Waals surface area contributed by atoms with Gasteiger partial charge in [-0.05, 0) is 78.8 Å². The van der Waals surface area contributed by atoms with Gasteiger partial charge in [-0.25, -0.2) is 4.39 Å². The molecule has 2 amide bonds. The first kappa shape index (κ1) is 26.9. The average Bonchev–Trinajstić information content (AvgIpc) is 3.82. The average molecular weight is 530 g/mol. The van der Waals surface area contributed by atoms with Gasteiger partial charge in [-0.3, -0.25) is 14.5 Å². The SMILES string of the molecule is COc1ccc(CNC(=O)c2ccc(CN(C(=O)C3CC3)C3CCN(Cc4ccc(F)cc4)CC3)cc2)cc1. The number of likely N-dealkylation sites (tertiary alicyclic amines) is 1. The zero-order valence-corrected chi connectivity index (χ0v) is 22.4. The van der Waals surface area contributed by atoms with Crippen LogP contribution >= 0.6 is 0 Å². The second kappa shape index (κ2) is 12.4. The van der Waals surface area contributed by atoms with Crippen LogP contribution in [0.5, 0.6) is 5.75 Å². The normalized spacial score (nSPS) is 16.1. The van der Waals surface area contributed by atoms with Crippen LogP contribution in [0.25, 0.3) is 0 Å².